The zero-order chi connectivity index (χ0) is 23.1. The molecular weight excluding hydrogens is 440 g/mol. The number of aryl methyl sites for hydroxylation is 1. The fourth-order valence-electron chi connectivity index (χ4n) is 3.18. The van der Waals surface area contributed by atoms with Crippen LogP contribution in [0.25, 0.3) is 0 Å². The van der Waals surface area contributed by atoms with E-state index in [0.29, 0.717) is 24.3 Å². The minimum absolute atomic E-state index is 0.217. The highest BCUT2D eigenvalue weighted by Gasteiger charge is 2.21. The summed E-state index contributed by atoms with van der Waals surface area (Å²) in [6.07, 6.45) is 0. The molecule has 1 N–H and O–H groups in total. The van der Waals surface area contributed by atoms with E-state index in [1.807, 2.05) is 26.0 Å². The molecule has 0 bridgehead atoms. The number of thioether (sulfide) groups is 1. The first kappa shape index (κ1) is 24.0. The van der Waals surface area contributed by atoms with Crippen LogP contribution in [-0.2, 0) is 15.8 Å². The highest BCUT2D eigenvalue weighted by molar-refractivity contribution is 7.98. The third kappa shape index (κ3) is 6.00. The Morgan fingerprint density at radius 1 is 0.875 bits per heavy atom. The summed E-state index contributed by atoms with van der Waals surface area (Å²) >= 11 is 1.75. The topological polar surface area (TPSA) is 66.5 Å². The Labute approximate surface area is 194 Å². The molecule has 7 heteroatoms. The van der Waals surface area contributed by atoms with Gasteiger partial charge >= 0.3 is 0 Å². The van der Waals surface area contributed by atoms with E-state index in [2.05, 4.69) is 36.5 Å². The molecule has 32 heavy (non-hydrogen) atoms. The lowest BCUT2D eigenvalue weighted by Gasteiger charge is -2.18. The Kier molecular flexibility index (Phi) is 8.12. The molecule has 0 spiro atoms. The van der Waals surface area contributed by atoms with Crippen molar-refractivity contribution < 1.29 is 13.2 Å². The number of sulfonamides is 1. The number of hydrogen-bond acceptors (Lipinski definition) is 4. The zero-order valence-corrected chi connectivity index (χ0v) is 20.2. The van der Waals surface area contributed by atoms with E-state index in [0.717, 1.165) is 11.3 Å². The monoisotopic (exact) mass is 468 g/mol. The van der Waals surface area contributed by atoms with E-state index in [9.17, 15) is 13.2 Å². The van der Waals surface area contributed by atoms with Crippen molar-refractivity contribution >= 4 is 33.4 Å². The van der Waals surface area contributed by atoms with Crippen LogP contribution < -0.4 is 5.32 Å². The largest absolute Gasteiger partial charge is 0.322 e. The summed E-state index contributed by atoms with van der Waals surface area (Å²) in [7, 11) is -3.51. The highest BCUT2D eigenvalue weighted by atomic mass is 32.2. The summed E-state index contributed by atoms with van der Waals surface area (Å²) in [5.41, 5.74) is 3.48. The Morgan fingerprint density at radius 2 is 1.47 bits per heavy atom. The molecule has 0 saturated carbocycles. The SMILES string of the molecule is CCN(CC)S(=O)(=O)c1ccc(NC(=O)c2ccc(CSc3ccc(C)cc3)cc2)cc1. The summed E-state index contributed by atoms with van der Waals surface area (Å²) < 4.78 is 26.6. The number of carbonyl (C=O) groups is 1. The number of benzene rings is 3. The van der Waals surface area contributed by atoms with Crippen LogP contribution in [0, 0.1) is 6.92 Å². The smallest absolute Gasteiger partial charge is 0.255 e. The van der Waals surface area contributed by atoms with Gasteiger partial charge in [-0.15, -0.1) is 11.8 Å². The number of carbonyl (C=O) groups excluding carboxylic acids is 1. The fraction of sp³-hybridized carbons (Fsp3) is 0.240. The van der Waals surface area contributed by atoms with Gasteiger partial charge < -0.3 is 5.32 Å². The maximum absolute atomic E-state index is 12.6. The number of amides is 1. The third-order valence-corrected chi connectivity index (χ3v) is 8.25. The normalized spacial score (nSPS) is 11.5. The van der Waals surface area contributed by atoms with Crippen LogP contribution in [0.4, 0.5) is 5.69 Å². The number of nitrogens with zero attached hydrogens (tertiary/aromatic N) is 1. The van der Waals surface area contributed by atoms with Crippen LogP contribution in [0.3, 0.4) is 0 Å². The molecular formula is C25H28N2O3S2. The minimum atomic E-state index is -3.51. The van der Waals surface area contributed by atoms with E-state index in [1.165, 1.54) is 26.9 Å². The van der Waals surface area contributed by atoms with Crippen LogP contribution in [0.1, 0.15) is 35.3 Å². The summed E-state index contributed by atoms with van der Waals surface area (Å²) in [6.45, 7) is 6.51. The lowest BCUT2D eigenvalue weighted by molar-refractivity contribution is 0.102. The average Bonchev–Trinajstić information content (AvgIpc) is 2.80. The predicted molar refractivity (Wildman–Crippen MR) is 132 cm³/mol. The van der Waals surface area contributed by atoms with Crippen molar-refractivity contribution in [1.82, 2.24) is 4.31 Å². The molecule has 168 valence electrons. The van der Waals surface area contributed by atoms with Crippen molar-refractivity contribution in [1.29, 1.82) is 0 Å². The molecule has 0 atom stereocenters. The molecule has 0 aliphatic rings. The van der Waals surface area contributed by atoms with E-state index in [4.69, 9.17) is 0 Å². The average molecular weight is 469 g/mol. The van der Waals surface area contributed by atoms with Gasteiger partial charge in [-0.05, 0) is 61.0 Å². The first-order chi connectivity index (χ1) is 15.3. The predicted octanol–water partition coefficient (Wildman–Crippen LogP) is 5.57. The van der Waals surface area contributed by atoms with E-state index in [1.54, 1.807) is 36.0 Å². The van der Waals surface area contributed by atoms with Gasteiger partial charge in [-0.2, -0.15) is 4.31 Å². The molecule has 0 unspecified atom stereocenters. The van der Waals surface area contributed by atoms with Crippen LogP contribution >= 0.6 is 11.8 Å². The quantitative estimate of drug-likeness (QED) is 0.417. The van der Waals surface area contributed by atoms with E-state index >= 15 is 0 Å². The maximum atomic E-state index is 12.6. The van der Waals surface area contributed by atoms with Crippen molar-refractivity contribution in [2.24, 2.45) is 0 Å². The Morgan fingerprint density at radius 3 is 2.03 bits per heavy atom. The second kappa shape index (κ2) is 10.8. The van der Waals surface area contributed by atoms with Crippen molar-refractivity contribution in [2.75, 3.05) is 18.4 Å². The lowest BCUT2D eigenvalue weighted by atomic mass is 10.1. The summed E-state index contributed by atoms with van der Waals surface area (Å²) in [5, 5.41) is 2.82. The van der Waals surface area contributed by atoms with Gasteiger partial charge in [0.15, 0.2) is 0 Å². The molecule has 0 fully saturated rings. The highest BCUT2D eigenvalue weighted by Crippen LogP contribution is 2.23. The minimum Gasteiger partial charge on any atom is -0.322 e. The number of nitrogens with one attached hydrogen (secondary N) is 1. The Balaban J connectivity index is 1.60. The van der Waals surface area contributed by atoms with Gasteiger partial charge in [-0.25, -0.2) is 8.42 Å². The van der Waals surface area contributed by atoms with Crippen molar-refractivity contribution in [3.05, 3.63) is 89.5 Å². The van der Waals surface area contributed by atoms with E-state index in [-0.39, 0.29) is 10.8 Å². The number of hydrogen-bond donors (Lipinski definition) is 1. The van der Waals surface area contributed by atoms with Crippen molar-refractivity contribution in [3.8, 4) is 0 Å². The standard InChI is InChI=1S/C25H28N2O3S2/c1-4-27(5-2)32(29,30)24-16-12-22(13-17-24)26-25(28)21-10-8-20(9-11-21)18-31-23-14-6-19(3)7-15-23/h6-17H,4-5,18H2,1-3H3,(H,26,28). The van der Waals surface area contributed by atoms with Gasteiger partial charge in [-0.1, -0.05) is 43.7 Å². The van der Waals surface area contributed by atoms with Gasteiger partial charge in [0.05, 0.1) is 4.90 Å². The Bertz CT molecular complexity index is 1140. The number of anilines is 1. The molecule has 0 saturated heterocycles. The second-order valence-electron chi connectivity index (χ2n) is 7.37. The van der Waals surface area contributed by atoms with Crippen LogP contribution in [0.15, 0.2) is 82.6 Å². The molecule has 0 aliphatic heterocycles. The van der Waals surface area contributed by atoms with Crippen LogP contribution in [0.5, 0.6) is 0 Å². The molecule has 3 rings (SSSR count). The third-order valence-electron chi connectivity index (χ3n) is 5.10. The maximum Gasteiger partial charge on any atom is 0.255 e. The molecule has 1 amide bonds. The van der Waals surface area contributed by atoms with Gasteiger partial charge in [0.1, 0.15) is 0 Å². The van der Waals surface area contributed by atoms with Crippen LogP contribution in [-0.4, -0.2) is 31.7 Å². The molecule has 3 aromatic rings. The molecule has 0 aromatic heterocycles. The molecule has 3 aromatic carbocycles. The fourth-order valence-corrected chi connectivity index (χ4v) is 5.49. The van der Waals surface area contributed by atoms with Gasteiger partial charge in [0.25, 0.3) is 5.91 Å². The van der Waals surface area contributed by atoms with Crippen LogP contribution in [0.2, 0.25) is 0 Å². The van der Waals surface area contributed by atoms with Gasteiger partial charge in [0.2, 0.25) is 10.0 Å². The lowest BCUT2D eigenvalue weighted by Crippen LogP contribution is -2.30. The summed E-state index contributed by atoms with van der Waals surface area (Å²) in [5.74, 6) is 0.593. The molecule has 0 aliphatic carbocycles. The molecule has 0 heterocycles. The summed E-state index contributed by atoms with van der Waals surface area (Å²) in [4.78, 5) is 14.0. The van der Waals surface area contributed by atoms with Crippen molar-refractivity contribution in [3.63, 3.8) is 0 Å². The first-order valence-corrected chi connectivity index (χ1v) is 13.0. The zero-order valence-electron chi connectivity index (χ0n) is 18.5. The molecule has 5 nitrogen and oxygen atoms in total. The summed E-state index contributed by atoms with van der Waals surface area (Å²) in [6, 6.07) is 22.2. The second-order valence-corrected chi connectivity index (χ2v) is 10.4. The number of rotatable bonds is 9. The van der Waals surface area contributed by atoms with Gasteiger partial charge in [0, 0.05) is 35.0 Å². The molecule has 0 radical (unpaired) electrons. The van der Waals surface area contributed by atoms with Crippen molar-refractivity contribution in [2.45, 2.75) is 36.3 Å². The Hall–Kier alpha value is -2.61. The van der Waals surface area contributed by atoms with Gasteiger partial charge in [-0.3, -0.25) is 4.79 Å². The first-order valence-electron chi connectivity index (χ1n) is 10.5. The van der Waals surface area contributed by atoms with E-state index < -0.39 is 10.0 Å².